The lowest BCUT2D eigenvalue weighted by Crippen LogP contribution is -2.51. The van der Waals surface area contributed by atoms with Crippen molar-refractivity contribution >= 4 is 11.8 Å². The van der Waals surface area contributed by atoms with Gasteiger partial charge in [0.15, 0.2) is 0 Å². The second kappa shape index (κ2) is 9.19. The predicted octanol–water partition coefficient (Wildman–Crippen LogP) is 1.05. The average molecular weight is 377 g/mol. The maximum absolute atomic E-state index is 12.8. The molecule has 0 saturated carbocycles. The Hall–Kier alpha value is -2.12. The van der Waals surface area contributed by atoms with Gasteiger partial charge in [-0.1, -0.05) is 18.2 Å². The zero-order valence-corrected chi connectivity index (χ0v) is 16.4. The molecule has 4 N–H and O–H groups in total. The molecule has 7 heteroatoms. The van der Waals surface area contributed by atoms with E-state index < -0.39 is 12.0 Å². The van der Waals surface area contributed by atoms with Crippen LogP contribution < -0.4 is 15.8 Å². The molecule has 2 amide bonds. The number of carbonyl (C=O) groups excluding carboxylic acids is 2. The lowest BCUT2D eigenvalue weighted by molar-refractivity contribution is -0.127. The molecule has 0 spiro atoms. The van der Waals surface area contributed by atoms with Crippen LogP contribution in [0.3, 0.4) is 0 Å². The van der Waals surface area contributed by atoms with Crippen molar-refractivity contribution in [1.29, 1.82) is 0 Å². The topological polar surface area (TPSA) is 105 Å². The normalized spacial score (nSPS) is 21.6. The van der Waals surface area contributed by atoms with Gasteiger partial charge in [0.2, 0.25) is 11.8 Å². The van der Waals surface area contributed by atoms with Crippen LogP contribution >= 0.6 is 0 Å². The molecule has 0 radical (unpaired) electrons. The van der Waals surface area contributed by atoms with Crippen LogP contribution in [0.2, 0.25) is 0 Å². The second-order valence-electron chi connectivity index (χ2n) is 8.16. The van der Waals surface area contributed by atoms with Gasteiger partial charge in [0.25, 0.3) is 0 Å². The van der Waals surface area contributed by atoms with Crippen molar-refractivity contribution in [3.63, 3.8) is 0 Å². The van der Waals surface area contributed by atoms with Crippen molar-refractivity contribution in [1.82, 2.24) is 10.2 Å². The summed E-state index contributed by atoms with van der Waals surface area (Å²) in [6.45, 7) is 6.63. The molecule has 0 bridgehead atoms. The number of hydrogen-bond donors (Lipinski definition) is 3. The van der Waals surface area contributed by atoms with E-state index in [0.29, 0.717) is 19.5 Å². The minimum absolute atomic E-state index is 0.0798. The van der Waals surface area contributed by atoms with E-state index in [1.54, 1.807) is 0 Å². The number of para-hydroxylation sites is 1. The highest BCUT2D eigenvalue weighted by Gasteiger charge is 2.39. The molecule has 3 atom stereocenters. The Labute approximate surface area is 160 Å². The summed E-state index contributed by atoms with van der Waals surface area (Å²) in [5.74, 6) is 0.236. The van der Waals surface area contributed by atoms with Crippen molar-refractivity contribution in [2.24, 2.45) is 5.73 Å². The number of benzene rings is 1. The summed E-state index contributed by atoms with van der Waals surface area (Å²) in [6, 6.07) is 9.10. The number of nitrogens with zero attached hydrogens (tertiary/aromatic N) is 1. The molecular formula is C20H31N3O4. The van der Waals surface area contributed by atoms with Crippen LogP contribution in [0, 0.1) is 0 Å². The maximum atomic E-state index is 12.8. The van der Waals surface area contributed by atoms with Crippen molar-refractivity contribution in [3.05, 3.63) is 30.3 Å². The fourth-order valence-corrected chi connectivity index (χ4v) is 3.24. The van der Waals surface area contributed by atoms with Gasteiger partial charge in [-0.2, -0.15) is 0 Å². The summed E-state index contributed by atoms with van der Waals surface area (Å²) in [6.07, 6.45) is 0.0743. The van der Waals surface area contributed by atoms with E-state index in [1.165, 1.54) is 0 Å². The monoisotopic (exact) mass is 377 g/mol. The SMILES string of the molecule is CC(C)(C)NC(=O)C1C[C@H](Oc2ccccc2)CN1C[C@@H](O)CCC(N)=O. The summed E-state index contributed by atoms with van der Waals surface area (Å²) in [4.78, 5) is 25.6. The molecule has 7 nitrogen and oxygen atoms in total. The minimum atomic E-state index is -0.724. The fraction of sp³-hybridized carbons (Fsp3) is 0.600. The van der Waals surface area contributed by atoms with Crippen LogP contribution in [0.15, 0.2) is 30.3 Å². The van der Waals surface area contributed by atoms with Crippen LogP contribution in [0.1, 0.15) is 40.0 Å². The van der Waals surface area contributed by atoms with E-state index in [2.05, 4.69) is 5.32 Å². The van der Waals surface area contributed by atoms with E-state index in [1.807, 2.05) is 56.0 Å². The Morgan fingerprint density at radius 3 is 2.59 bits per heavy atom. The first-order chi connectivity index (χ1) is 12.6. The number of primary amides is 1. The number of β-amino-alcohol motifs (C(OH)–C–C–N with tert-alkyl or cyclic N) is 1. The smallest absolute Gasteiger partial charge is 0.237 e. The summed E-state index contributed by atoms with van der Waals surface area (Å²) in [5.41, 5.74) is 4.81. The fourth-order valence-electron chi connectivity index (χ4n) is 3.24. The highest BCUT2D eigenvalue weighted by atomic mass is 16.5. The van der Waals surface area contributed by atoms with Gasteiger partial charge < -0.3 is 20.9 Å². The molecule has 1 heterocycles. The van der Waals surface area contributed by atoms with Gasteiger partial charge >= 0.3 is 0 Å². The van der Waals surface area contributed by atoms with Crippen LogP contribution in [0.5, 0.6) is 5.75 Å². The van der Waals surface area contributed by atoms with E-state index in [0.717, 1.165) is 5.75 Å². The molecule has 1 aromatic carbocycles. The van der Waals surface area contributed by atoms with Gasteiger partial charge in [0.1, 0.15) is 11.9 Å². The molecule has 27 heavy (non-hydrogen) atoms. The first-order valence-corrected chi connectivity index (χ1v) is 9.38. The molecule has 1 aliphatic rings. The third-order valence-corrected chi connectivity index (χ3v) is 4.38. The number of carbonyl (C=O) groups is 2. The van der Waals surface area contributed by atoms with Crippen molar-refractivity contribution < 1.29 is 19.4 Å². The molecule has 0 aliphatic carbocycles. The first kappa shape index (κ1) is 21.2. The van der Waals surface area contributed by atoms with Gasteiger partial charge in [-0.05, 0) is 39.3 Å². The van der Waals surface area contributed by atoms with Gasteiger partial charge in [-0.25, -0.2) is 0 Å². The van der Waals surface area contributed by atoms with Gasteiger partial charge in [0.05, 0.1) is 12.1 Å². The summed E-state index contributed by atoms with van der Waals surface area (Å²) in [7, 11) is 0. The minimum Gasteiger partial charge on any atom is -0.489 e. The molecule has 2 rings (SSSR count). The van der Waals surface area contributed by atoms with Crippen LogP contribution in [-0.2, 0) is 9.59 Å². The highest BCUT2D eigenvalue weighted by molar-refractivity contribution is 5.82. The van der Waals surface area contributed by atoms with Crippen LogP contribution in [0.25, 0.3) is 0 Å². The molecule has 1 saturated heterocycles. The van der Waals surface area contributed by atoms with Crippen LogP contribution in [0.4, 0.5) is 0 Å². The number of rotatable bonds is 8. The lowest BCUT2D eigenvalue weighted by atomic mass is 10.1. The van der Waals surface area contributed by atoms with E-state index >= 15 is 0 Å². The molecular weight excluding hydrogens is 346 g/mol. The van der Waals surface area contributed by atoms with Crippen LogP contribution in [-0.4, -0.2) is 58.7 Å². The van der Waals surface area contributed by atoms with Gasteiger partial charge in [-0.3, -0.25) is 14.5 Å². The quantitative estimate of drug-likeness (QED) is 0.628. The Balaban J connectivity index is 2.04. The Morgan fingerprint density at radius 1 is 1.33 bits per heavy atom. The molecule has 1 unspecified atom stereocenters. The van der Waals surface area contributed by atoms with Crippen molar-refractivity contribution in [3.8, 4) is 5.75 Å². The number of amides is 2. The van der Waals surface area contributed by atoms with E-state index in [9.17, 15) is 14.7 Å². The highest BCUT2D eigenvalue weighted by Crippen LogP contribution is 2.24. The third kappa shape index (κ3) is 7.19. The molecule has 1 fully saturated rings. The summed E-state index contributed by atoms with van der Waals surface area (Å²) >= 11 is 0. The second-order valence-corrected chi connectivity index (χ2v) is 8.16. The number of aliphatic hydroxyl groups excluding tert-OH is 1. The zero-order valence-electron chi connectivity index (χ0n) is 16.4. The average Bonchev–Trinajstić information content (AvgIpc) is 2.95. The largest absolute Gasteiger partial charge is 0.489 e. The summed E-state index contributed by atoms with van der Waals surface area (Å²) < 4.78 is 6.02. The van der Waals surface area contributed by atoms with Crippen molar-refractivity contribution in [2.75, 3.05) is 13.1 Å². The molecule has 1 aliphatic heterocycles. The van der Waals surface area contributed by atoms with Crippen molar-refractivity contribution in [2.45, 2.75) is 63.8 Å². The predicted molar refractivity (Wildman–Crippen MR) is 103 cm³/mol. The van der Waals surface area contributed by atoms with E-state index in [4.69, 9.17) is 10.5 Å². The van der Waals surface area contributed by atoms with Gasteiger partial charge in [-0.15, -0.1) is 0 Å². The number of likely N-dealkylation sites (tertiary alicyclic amines) is 1. The first-order valence-electron chi connectivity index (χ1n) is 9.38. The van der Waals surface area contributed by atoms with E-state index in [-0.39, 0.29) is 36.4 Å². The Morgan fingerprint density at radius 2 is 2.00 bits per heavy atom. The zero-order chi connectivity index (χ0) is 20.0. The number of hydrogen-bond acceptors (Lipinski definition) is 5. The molecule has 150 valence electrons. The Bertz CT molecular complexity index is 630. The lowest BCUT2D eigenvalue weighted by Gasteiger charge is -2.29. The number of nitrogens with two attached hydrogens (primary N) is 1. The van der Waals surface area contributed by atoms with Gasteiger partial charge in [0, 0.05) is 31.5 Å². The standard InChI is InChI=1S/C20H31N3O4/c1-20(2,3)22-19(26)17-11-16(27-15-7-5-4-6-8-15)13-23(17)12-14(24)9-10-18(21)25/h4-8,14,16-17,24H,9-13H2,1-3H3,(H2,21,25)(H,22,26)/t14-,16-,17?/m0/s1. The maximum Gasteiger partial charge on any atom is 0.237 e. The third-order valence-electron chi connectivity index (χ3n) is 4.38. The number of aliphatic hydroxyl groups is 1. The Kier molecular flexibility index (Phi) is 7.21. The number of ether oxygens (including phenoxy) is 1. The summed E-state index contributed by atoms with van der Waals surface area (Å²) in [5, 5.41) is 13.3. The number of nitrogens with one attached hydrogen (secondary N) is 1. The molecule has 0 aromatic heterocycles. The molecule has 1 aromatic rings.